The molecule has 0 heterocycles. The van der Waals surface area contributed by atoms with Gasteiger partial charge in [-0.2, -0.15) is 0 Å². The van der Waals surface area contributed by atoms with Gasteiger partial charge in [-0.3, -0.25) is 4.79 Å². The van der Waals surface area contributed by atoms with E-state index in [-0.39, 0.29) is 16.8 Å². The number of hydrogen-bond donors (Lipinski definition) is 1. The molecule has 1 amide bonds. The molecular formula is C26H25NO6S. The molecule has 34 heavy (non-hydrogen) atoms. The van der Waals surface area contributed by atoms with E-state index in [4.69, 9.17) is 14.2 Å². The molecule has 0 aliphatic rings. The lowest BCUT2D eigenvalue weighted by Crippen LogP contribution is -2.14. The number of nitrogens with one attached hydrogen (secondary N) is 1. The summed E-state index contributed by atoms with van der Waals surface area (Å²) in [6.07, 6.45) is 0. The number of thioether (sulfide) groups is 1. The van der Waals surface area contributed by atoms with Gasteiger partial charge in [0.1, 0.15) is 5.75 Å². The van der Waals surface area contributed by atoms with Crippen LogP contribution in [0.4, 0.5) is 5.69 Å². The molecular weight excluding hydrogens is 454 g/mol. The van der Waals surface area contributed by atoms with Crippen molar-refractivity contribution in [3.8, 4) is 5.75 Å². The third-order valence-corrected chi connectivity index (χ3v) is 5.85. The molecule has 0 atom stereocenters. The fourth-order valence-electron chi connectivity index (χ4n) is 3.18. The smallest absolute Gasteiger partial charge is 0.337 e. The van der Waals surface area contributed by atoms with Crippen LogP contribution in [0.3, 0.4) is 0 Å². The topological polar surface area (TPSA) is 90.9 Å². The Labute approximate surface area is 202 Å². The highest BCUT2D eigenvalue weighted by Crippen LogP contribution is 2.29. The first-order valence-corrected chi connectivity index (χ1v) is 11.5. The number of hydrogen-bond acceptors (Lipinski definition) is 7. The van der Waals surface area contributed by atoms with E-state index < -0.39 is 17.8 Å². The van der Waals surface area contributed by atoms with Crippen LogP contribution in [0, 0.1) is 0 Å². The molecule has 0 aliphatic heterocycles. The van der Waals surface area contributed by atoms with Crippen LogP contribution in [0.5, 0.6) is 5.75 Å². The van der Waals surface area contributed by atoms with Crippen LogP contribution in [0.25, 0.3) is 0 Å². The molecule has 7 nitrogen and oxygen atoms in total. The minimum atomic E-state index is -0.637. The predicted octanol–water partition coefficient (Wildman–Crippen LogP) is 5.20. The van der Waals surface area contributed by atoms with Crippen LogP contribution in [0.15, 0.2) is 71.6 Å². The second-order valence-corrected chi connectivity index (χ2v) is 8.14. The largest absolute Gasteiger partial charge is 0.494 e. The van der Waals surface area contributed by atoms with Gasteiger partial charge in [0.25, 0.3) is 5.91 Å². The van der Waals surface area contributed by atoms with Crippen LogP contribution in [-0.2, 0) is 15.2 Å². The summed E-state index contributed by atoms with van der Waals surface area (Å²) in [5, 5.41) is 2.75. The zero-order valence-corrected chi connectivity index (χ0v) is 19.9. The third-order valence-electron chi connectivity index (χ3n) is 4.79. The number of amides is 1. The fourth-order valence-corrected chi connectivity index (χ4v) is 4.08. The Kier molecular flexibility index (Phi) is 8.70. The maximum atomic E-state index is 13.0. The molecule has 0 aliphatic carbocycles. The van der Waals surface area contributed by atoms with Crippen molar-refractivity contribution in [2.45, 2.75) is 17.6 Å². The fraction of sp³-hybridized carbons (Fsp3) is 0.192. The van der Waals surface area contributed by atoms with E-state index in [1.54, 1.807) is 30.0 Å². The standard InChI is InChI=1S/C26H25NO6S/c1-4-33-23-11-10-17(12-20(23)16-34-22-8-6-5-7-9-22)24(28)27-21-14-18(25(29)31-2)13-19(15-21)26(30)32-3/h5-15H,4,16H2,1-3H3,(H,27,28). The SMILES string of the molecule is CCOc1ccc(C(=O)Nc2cc(C(=O)OC)cc(C(=O)OC)c2)cc1CSc1ccccc1. The number of carbonyl (C=O) groups excluding carboxylic acids is 3. The Hall–Kier alpha value is -3.78. The van der Waals surface area contributed by atoms with E-state index >= 15 is 0 Å². The summed E-state index contributed by atoms with van der Waals surface area (Å²) in [5.74, 6) is -0.342. The van der Waals surface area contributed by atoms with Crippen molar-refractivity contribution in [3.05, 3.63) is 89.0 Å². The van der Waals surface area contributed by atoms with Crippen LogP contribution >= 0.6 is 11.8 Å². The quantitative estimate of drug-likeness (QED) is 0.333. The van der Waals surface area contributed by atoms with Gasteiger partial charge in [-0.15, -0.1) is 11.8 Å². The maximum absolute atomic E-state index is 13.0. The zero-order chi connectivity index (χ0) is 24.5. The molecule has 3 aromatic carbocycles. The van der Waals surface area contributed by atoms with Gasteiger partial charge in [0.2, 0.25) is 0 Å². The normalized spacial score (nSPS) is 10.3. The van der Waals surface area contributed by atoms with Gasteiger partial charge in [0, 0.05) is 27.5 Å². The van der Waals surface area contributed by atoms with Gasteiger partial charge < -0.3 is 19.5 Å². The van der Waals surface area contributed by atoms with Crippen molar-refractivity contribution >= 4 is 35.3 Å². The van der Waals surface area contributed by atoms with Gasteiger partial charge in [-0.25, -0.2) is 9.59 Å². The molecule has 3 rings (SSSR count). The van der Waals surface area contributed by atoms with E-state index in [0.29, 0.717) is 23.7 Å². The van der Waals surface area contributed by atoms with Crippen molar-refractivity contribution in [1.29, 1.82) is 0 Å². The van der Waals surface area contributed by atoms with Crippen molar-refractivity contribution in [3.63, 3.8) is 0 Å². The van der Waals surface area contributed by atoms with Crippen LogP contribution in [0.2, 0.25) is 0 Å². The Morgan fingerprint density at radius 2 is 1.47 bits per heavy atom. The minimum Gasteiger partial charge on any atom is -0.494 e. The highest BCUT2D eigenvalue weighted by Gasteiger charge is 2.16. The Balaban J connectivity index is 1.86. The van der Waals surface area contributed by atoms with Gasteiger partial charge in [-0.1, -0.05) is 18.2 Å². The first kappa shape index (κ1) is 24.9. The summed E-state index contributed by atoms with van der Waals surface area (Å²) in [6, 6.07) is 19.4. The predicted molar refractivity (Wildman–Crippen MR) is 131 cm³/mol. The Bertz CT molecular complexity index is 1140. The number of carbonyl (C=O) groups is 3. The first-order chi connectivity index (χ1) is 16.4. The number of rotatable bonds is 9. The van der Waals surface area contributed by atoms with Gasteiger partial charge in [0.15, 0.2) is 0 Å². The highest BCUT2D eigenvalue weighted by molar-refractivity contribution is 7.98. The number of ether oxygens (including phenoxy) is 3. The third kappa shape index (κ3) is 6.39. The van der Waals surface area contributed by atoms with Gasteiger partial charge in [-0.05, 0) is 55.5 Å². The first-order valence-electron chi connectivity index (χ1n) is 10.5. The number of anilines is 1. The average molecular weight is 480 g/mol. The monoisotopic (exact) mass is 479 g/mol. The van der Waals surface area contributed by atoms with E-state index in [1.165, 1.54) is 32.4 Å². The second kappa shape index (κ2) is 11.9. The number of esters is 2. The van der Waals surface area contributed by atoms with Crippen molar-refractivity contribution in [1.82, 2.24) is 0 Å². The molecule has 0 saturated carbocycles. The zero-order valence-electron chi connectivity index (χ0n) is 19.1. The molecule has 0 aromatic heterocycles. The van der Waals surface area contributed by atoms with E-state index in [1.807, 2.05) is 37.3 Å². The molecule has 8 heteroatoms. The van der Waals surface area contributed by atoms with Crippen LogP contribution < -0.4 is 10.1 Å². The van der Waals surface area contributed by atoms with Gasteiger partial charge in [0.05, 0.1) is 32.0 Å². The van der Waals surface area contributed by atoms with E-state index in [9.17, 15) is 14.4 Å². The lowest BCUT2D eigenvalue weighted by atomic mass is 10.1. The maximum Gasteiger partial charge on any atom is 0.337 e. The molecule has 3 aromatic rings. The van der Waals surface area contributed by atoms with Crippen molar-refractivity contribution in [2.24, 2.45) is 0 Å². The Morgan fingerprint density at radius 3 is 2.06 bits per heavy atom. The van der Waals surface area contributed by atoms with Crippen LogP contribution in [0.1, 0.15) is 43.6 Å². The summed E-state index contributed by atoms with van der Waals surface area (Å²) >= 11 is 1.64. The van der Waals surface area contributed by atoms with Crippen molar-refractivity contribution < 1.29 is 28.6 Å². The van der Waals surface area contributed by atoms with Gasteiger partial charge >= 0.3 is 11.9 Å². The van der Waals surface area contributed by atoms with Crippen LogP contribution in [-0.4, -0.2) is 38.7 Å². The summed E-state index contributed by atoms with van der Waals surface area (Å²) in [4.78, 5) is 38.2. The highest BCUT2D eigenvalue weighted by atomic mass is 32.2. The number of methoxy groups -OCH3 is 2. The molecule has 0 unspecified atom stereocenters. The van der Waals surface area contributed by atoms with Crippen molar-refractivity contribution in [2.75, 3.05) is 26.1 Å². The lowest BCUT2D eigenvalue weighted by molar-refractivity contribution is 0.0599. The summed E-state index contributed by atoms with van der Waals surface area (Å²) in [6.45, 7) is 2.41. The molecule has 0 radical (unpaired) electrons. The summed E-state index contributed by atoms with van der Waals surface area (Å²) < 4.78 is 15.2. The number of benzene rings is 3. The molecule has 0 fully saturated rings. The molecule has 0 spiro atoms. The summed E-state index contributed by atoms with van der Waals surface area (Å²) in [7, 11) is 2.47. The molecule has 0 bridgehead atoms. The second-order valence-electron chi connectivity index (χ2n) is 7.09. The minimum absolute atomic E-state index is 0.118. The summed E-state index contributed by atoms with van der Waals surface area (Å²) in [5.41, 5.74) is 1.79. The molecule has 0 saturated heterocycles. The lowest BCUT2D eigenvalue weighted by Gasteiger charge is -2.13. The van der Waals surface area contributed by atoms with E-state index in [2.05, 4.69) is 5.32 Å². The van der Waals surface area contributed by atoms with E-state index in [0.717, 1.165) is 10.5 Å². The molecule has 1 N–H and O–H groups in total. The Morgan fingerprint density at radius 1 is 0.824 bits per heavy atom. The molecule has 176 valence electrons. The average Bonchev–Trinajstić information content (AvgIpc) is 2.87.